The summed E-state index contributed by atoms with van der Waals surface area (Å²) in [6, 6.07) is 7.60. The highest BCUT2D eigenvalue weighted by molar-refractivity contribution is 7.88. The highest BCUT2D eigenvalue weighted by Crippen LogP contribution is 2.27. The minimum absolute atomic E-state index is 0.0309. The molecule has 2 saturated heterocycles. The van der Waals surface area contributed by atoms with Gasteiger partial charge in [-0.15, -0.1) is 0 Å². The first-order valence-electron chi connectivity index (χ1n) is 10.0. The third-order valence-corrected chi connectivity index (χ3v) is 8.64. The van der Waals surface area contributed by atoms with Gasteiger partial charge in [-0.3, -0.25) is 0 Å². The zero-order valence-electron chi connectivity index (χ0n) is 16.2. The Labute approximate surface area is 181 Å². The molecular weight excluding hydrogens is 430 g/mol. The number of rotatable bonds is 6. The van der Waals surface area contributed by atoms with E-state index in [0.29, 0.717) is 29.7 Å². The molecule has 0 unspecified atom stereocenters. The average Bonchev–Trinajstić information content (AvgIpc) is 3.23. The van der Waals surface area contributed by atoms with Crippen LogP contribution in [-0.2, 0) is 15.8 Å². The number of hydrogen-bond donors (Lipinski definition) is 0. The Kier molecular flexibility index (Phi) is 6.76. The molecule has 6 nitrogen and oxygen atoms in total. The zero-order chi connectivity index (χ0) is 20.3. The van der Waals surface area contributed by atoms with Gasteiger partial charge in [0.25, 0.3) is 5.19 Å². The summed E-state index contributed by atoms with van der Waals surface area (Å²) >= 11 is 7.68. The maximum absolute atomic E-state index is 12.8. The van der Waals surface area contributed by atoms with E-state index in [-0.39, 0.29) is 11.9 Å². The van der Waals surface area contributed by atoms with Crippen molar-refractivity contribution >= 4 is 33.0 Å². The third-order valence-electron chi connectivity index (χ3n) is 5.78. The number of hydrogen-bond acceptors (Lipinski definition) is 6. The highest BCUT2D eigenvalue weighted by atomic mass is 35.5. The molecule has 2 aliphatic heterocycles. The number of sulfonamides is 1. The minimum Gasteiger partial charge on any atom is -0.467 e. The quantitative estimate of drug-likeness (QED) is 0.665. The maximum Gasteiger partial charge on any atom is 0.273 e. The minimum atomic E-state index is -3.35. The predicted molar refractivity (Wildman–Crippen MR) is 116 cm³/mol. The summed E-state index contributed by atoms with van der Waals surface area (Å²) in [6.07, 6.45) is 5.73. The van der Waals surface area contributed by atoms with Crippen molar-refractivity contribution in [1.29, 1.82) is 0 Å². The smallest absolute Gasteiger partial charge is 0.273 e. The van der Waals surface area contributed by atoms with Crippen LogP contribution in [0.25, 0.3) is 0 Å². The number of thiazole rings is 1. The molecule has 1 aromatic carbocycles. The van der Waals surface area contributed by atoms with E-state index in [4.69, 9.17) is 16.3 Å². The van der Waals surface area contributed by atoms with Crippen molar-refractivity contribution in [1.82, 2.24) is 14.2 Å². The van der Waals surface area contributed by atoms with Gasteiger partial charge in [0.15, 0.2) is 0 Å². The van der Waals surface area contributed by atoms with Crippen molar-refractivity contribution in [2.24, 2.45) is 0 Å². The van der Waals surface area contributed by atoms with Crippen LogP contribution in [0.5, 0.6) is 5.19 Å². The Hall–Kier alpha value is -1.19. The van der Waals surface area contributed by atoms with Gasteiger partial charge in [-0.1, -0.05) is 41.1 Å². The first-order chi connectivity index (χ1) is 14.0. The second-order valence-corrected chi connectivity index (χ2v) is 10.9. The SMILES string of the molecule is O=S(=O)(Cc1ccccc1Cl)N1CCC(N2CCC(Oc3nccs3)CC2)CC1. The molecule has 4 rings (SSSR count). The number of nitrogens with zero attached hydrogens (tertiary/aromatic N) is 3. The van der Waals surface area contributed by atoms with Gasteiger partial charge in [0.1, 0.15) is 6.10 Å². The van der Waals surface area contributed by atoms with E-state index in [2.05, 4.69) is 9.88 Å². The van der Waals surface area contributed by atoms with Crippen LogP contribution in [0.1, 0.15) is 31.2 Å². The summed E-state index contributed by atoms with van der Waals surface area (Å²) in [5.74, 6) is -0.0309. The fourth-order valence-electron chi connectivity index (χ4n) is 4.16. The van der Waals surface area contributed by atoms with Crippen molar-refractivity contribution in [2.75, 3.05) is 26.2 Å². The largest absolute Gasteiger partial charge is 0.467 e. The topological polar surface area (TPSA) is 62.7 Å². The molecule has 2 fully saturated rings. The molecule has 0 bridgehead atoms. The molecule has 0 amide bonds. The Balaban J connectivity index is 1.26. The van der Waals surface area contributed by atoms with Gasteiger partial charge in [0.2, 0.25) is 10.0 Å². The van der Waals surface area contributed by atoms with Crippen molar-refractivity contribution in [3.8, 4) is 5.19 Å². The fourth-order valence-corrected chi connectivity index (χ4v) is 6.59. The first kappa shape index (κ1) is 21.1. The Morgan fingerprint density at radius 2 is 1.83 bits per heavy atom. The molecule has 0 aliphatic carbocycles. The molecule has 2 aromatic rings. The summed E-state index contributed by atoms with van der Waals surface area (Å²) in [7, 11) is -3.35. The Morgan fingerprint density at radius 3 is 2.48 bits per heavy atom. The van der Waals surface area contributed by atoms with Crippen LogP contribution in [-0.4, -0.2) is 60.9 Å². The number of aromatic nitrogens is 1. The summed E-state index contributed by atoms with van der Waals surface area (Å²) < 4.78 is 33.2. The summed E-state index contributed by atoms with van der Waals surface area (Å²) in [5.41, 5.74) is 0.665. The molecule has 2 aliphatic rings. The van der Waals surface area contributed by atoms with E-state index < -0.39 is 10.0 Å². The molecule has 0 atom stereocenters. The van der Waals surface area contributed by atoms with E-state index in [9.17, 15) is 8.42 Å². The summed E-state index contributed by atoms with van der Waals surface area (Å²) in [5, 5.41) is 3.19. The molecule has 29 heavy (non-hydrogen) atoms. The van der Waals surface area contributed by atoms with Crippen LogP contribution in [0.4, 0.5) is 0 Å². The van der Waals surface area contributed by atoms with Crippen molar-refractivity contribution in [2.45, 2.75) is 43.6 Å². The predicted octanol–water partition coefficient (Wildman–Crippen LogP) is 3.63. The Bertz CT molecular complexity index is 891. The van der Waals surface area contributed by atoms with E-state index in [1.165, 1.54) is 11.3 Å². The molecule has 3 heterocycles. The molecule has 9 heteroatoms. The number of piperidine rings is 2. The monoisotopic (exact) mass is 455 g/mol. The van der Waals surface area contributed by atoms with Crippen LogP contribution < -0.4 is 4.74 Å². The number of halogens is 1. The zero-order valence-corrected chi connectivity index (χ0v) is 18.6. The fraction of sp³-hybridized carbons (Fsp3) is 0.550. The summed E-state index contributed by atoms with van der Waals surface area (Å²) in [4.78, 5) is 6.70. The van der Waals surface area contributed by atoms with Gasteiger partial charge in [-0.25, -0.2) is 17.7 Å². The van der Waals surface area contributed by atoms with Crippen molar-refractivity contribution in [3.63, 3.8) is 0 Å². The van der Waals surface area contributed by atoms with Crippen LogP contribution in [0.2, 0.25) is 5.02 Å². The van der Waals surface area contributed by atoms with Crippen LogP contribution >= 0.6 is 22.9 Å². The van der Waals surface area contributed by atoms with E-state index in [1.54, 1.807) is 22.6 Å². The van der Waals surface area contributed by atoms with Gasteiger partial charge >= 0.3 is 0 Å². The van der Waals surface area contributed by atoms with Crippen LogP contribution in [0.15, 0.2) is 35.8 Å². The van der Waals surface area contributed by atoms with Gasteiger partial charge in [-0.05, 0) is 37.3 Å². The second kappa shape index (κ2) is 9.31. The lowest BCUT2D eigenvalue weighted by Gasteiger charge is -2.41. The molecule has 158 valence electrons. The van der Waals surface area contributed by atoms with Crippen molar-refractivity contribution in [3.05, 3.63) is 46.4 Å². The number of ether oxygens (including phenoxy) is 1. The third kappa shape index (κ3) is 5.30. The molecule has 0 spiro atoms. The second-order valence-electron chi connectivity index (χ2n) is 7.63. The lowest BCUT2D eigenvalue weighted by Crippen LogP contribution is -2.50. The van der Waals surface area contributed by atoms with Gasteiger partial charge in [0.05, 0.1) is 5.75 Å². The van der Waals surface area contributed by atoms with Gasteiger partial charge < -0.3 is 9.64 Å². The lowest BCUT2D eigenvalue weighted by atomic mass is 10.00. The maximum atomic E-state index is 12.8. The molecular formula is C20H26ClN3O3S2. The normalized spacial score (nSPS) is 20.7. The lowest BCUT2D eigenvalue weighted by molar-refractivity contribution is 0.0584. The van der Waals surface area contributed by atoms with Crippen LogP contribution in [0, 0.1) is 0 Å². The van der Waals surface area contributed by atoms with E-state index in [0.717, 1.165) is 44.0 Å². The van der Waals surface area contributed by atoms with E-state index in [1.807, 2.05) is 17.5 Å². The number of likely N-dealkylation sites (tertiary alicyclic amines) is 1. The highest BCUT2D eigenvalue weighted by Gasteiger charge is 2.33. The molecule has 0 N–H and O–H groups in total. The Morgan fingerprint density at radius 1 is 1.10 bits per heavy atom. The van der Waals surface area contributed by atoms with Crippen LogP contribution in [0.3, 0.4) is 0 Å². The molecule has 0 saturated carbocycles. The average molecular weight is 456 g/mol. The standard InChI is InChI=1S/C20H26ClN3O3S2/c21-19-4-2-1-3-16(19)15-29(25,26)24-12-5-17(6-13-24)23-10-7-18(8-11-23)27-20-22-9-14-28-20/h1-4,9,14,17-18H,5-8,10-13,15H2. The van der Waals surface area contributed by atoms with Gasteiger partial charge in [-0.2, -0.15) is 0 Å². The van der Waals surface area contributed by atoms with Gasteiger partial charge in [0, 0.05) is 48.8 Å². The first-order valence-corrected chi connectivity index (χ1v) is 12.9. The molecule has 1 aromatic heterocycles. The number of benzene rings is 1. The summed E-state index contributed by atoms with van der Waals surface area (Å²) in [6.45, 7) is 3.14. The van der Waals surface area contributed by atoms with E-state index >= 15 is 0 Å². The molecule has 0 radical (unpaired) electrons. The van der Waals surface area contributed by atoms with Crippen molar-refractivity contribution < 1.29 is 13.2 Å².